The summed E-state index contributed by atoms with van der Waals surface area (Å²) in [4.78, 5) is 4.55. The maximum absolute atomic E-state index is 4.55. The van der Waals surface area contributed by atoms with Crippen molar-refractivity contribution in [3.8, 4) is 0 Å². The second-order valence-corrected chi connectivity index (χ2v) is 6.11. The summed E-state index contributed by atoms with van der Waals surface area (Å²) in [6, 6.07) is 8.81. The summed E-state index contributed by atoms with van der Waals surface area (Å²) in [5.41, 5.74) is 2.42. The summed E-state index contributed by atoms with van der Waals surface area (Å²) >= 11 is 5.27. The van der Waals surface area contributed by atoms with Crippen LogP contribution in [0.1, 0.15) is 29.2 Å². The van der Waals surface area contributed by atoms with E-state index in [-0.39, 0.29) is 0 Å². The molecule has 0 fully saturated rings. The average molecular weight is 325 g/mol. The molecule has 2 rings (SSSR count). The van der Waals surface area contributed by atoms with Gasteiger partial charge in [-0.25, -0.2) is 4.98 Å². The van der Waals surface area contributed by atoms with Gasteiger partial charge in [-0.15, -0.1) is 11.3 Å². The largest absolute Gasteiger partial charge is 0.310 e. The van der Waals surface area contributed by atoms with Gasteiger partial charge in [-0.1, -0.05) is 35.0 Å². The maximum Gasteiger partial charge on any atom is 0.0947 e. The van der Waals surface area contributed by atoms with Crippen molar-refractivity contribution in [3.63, 3.8) is 0 Å². The van der Waals surface area contributed by atoms with Crippen LogP contribution in [0.25, 0.3) is 0 Å². The van der Waals surface area contributed by atoms with Crippen LogP contribution in [0.4, 0.5) is 0 Å². The molecule has 0 bridgehead atoms. The monoisotopic (exact) mass is 324 g/mol. The number of aryl methyl sites for hydroxylation is 1. The summed E-state index contributed by atoms with van der Waals surface area (Å²) in [6.45, 7) is 5.14. The lowest BCUT2D eigenvalue weighted by Crippen LogP contribution is -2.22. The molecule has 0 spiro atoms. The van der Waals surface area contributed by atoms with Crippen molar-refractivity contribution >= 4 is 27.3 Å². The molecular formula is C14H17BrN2S. The average Bonchev–Trinajstić information content (AvgIpc) is 2.74. The van der Waals surface area contributed by atoms with E-state index < -0.39 is 0 Å². The van der Waals surface area contributed by atoms with E-state index in [9.17, 15) is 0 Å². The topological polar surface area (TPSA) is 24.9 Å². The van der Waals surface area contributed by atoms with Crippen molar-refractivity contribution < 1.29 is 0 Å². The lowest BCUT2D eigenvalue weighted by atomic mass is 10.0. The Bertz CT molecular complexity index is 510. The molecule has 1 unspecified atom stereocenters. The Labute approximate surface area is 121 Å². The highest BCUT2D eigenvalue weighted by Gasteiger charge is 2.13. The fourth-order valence-corrected chi connectivity index (χ4v) is 3.18. The Morgan fingerprint density at radius 1 is 1.44 bits per heavy atom. The second-order valence-electron chi connectivity index (χ2n) is 4.25. The molecule has 1 aromatic heterocycles. The van der Waals surface area contributed by atoms with Gasteiger partial charge in [0, 0.05) is 28.0 Å². The van der Waals surface area contributed by atoms with Gasteiger partial charge in [0.25, 0.3) is 0 Å². The highest BCUT2D eigenvalue weighted by atomic mass is 79.9. The number of nitrogens with one attached hydrogen (secondary N) is 1. The molecular weight excluding hydrogens is 308 g/mol. The van der Waals surface area contributed by atoms with Crippen molar-refractivity contribution in [2.45, 2.75) is 26.3 Å². The molecule has 0 amide bonds. The molecule has 0 aliphatic heterocycles. The van der Waals surface area contributed by atoms with Gasteiger partial charge in [-0.2, -0.15) is 0 Å². The van der Waals surface area contributed by atoms with Crippen LogP contribution < -0.4 is 5.32 Å². The number of thiazole rings is 1. The first-order valence-corrected chi connectivity index (χ1v) is 7.76. The molecule has 2 aromatic rings. The first-order chi connectivity index (χ1) is 8.69. The van der Waals surface area contributed by atoms with Gasteiger partial charge in [-0.3, -0.25) is 0 Å². The minimum absolute atomic E-state index is 0.332. The zero-order valence-corrected chi connectivity index (χ0v) is 13.0. The SMILES string of the molecule is CCNC(Cc1nc(C)cs1)c1cccc(Br)c1. The Morgan fingerprint density at radius 2 is 2.28 bits per heavy atom. The molecule has 0 aliphatic carbocycles. The van der Waals surface area contributed by atoms with E-state index in [1.54, 1.807) is 11.3 Å². The molecule has 96 valence electrons. The standard InChI is InChI=1S/C14H17BrN2S/c1-3-16-13(8-14-17-10(2)9-18-14)11-5-4-6-12(15)7-11/h4-7,9,13,16H,3,8H2,1-2H3. The Hall–Kier alpha value is -0.710. The lowest BCUT2D eigenvalue weighted by Gasteiger charge is -2.17. The molecule has 1 N–H and O–H groups in total. The maximum atomic E-state index is 4.55. The normalized spacial score (nSPS) is 12.6. The molecule has 0 saturated carbocycles. The van der Waals surface area contributed by atoms with Crippen LogP contribution in [0.3, 0.4) is 0 Å². The third kappa shape index (κ3) is 3.64. The van der Waals surface area contributed by atoms with Crippen molar-refractivity contribution in [3.05, 3.63) is 50.4 Å². The number of rotatable bonds is 5. The van der Waals surface area contributed by atoms with Gasteiger partial charge in [-0.05, 0) is 31.2 Å². The fraction of sp³-hybridized carbons (Fsp3) is 0.357. The fourth-order valence-electron chi connectivity index (χ4n) is 1.95. The Balaban J connectivity index is 2.17. The van der Waals surface area contributed by atoms with E-state index in [2.05, 4.69) is 62.8 Å². The minimum atomic E-state index is 0.332. The van der Waals surface area contributed by atoms with Gasteiger partial charge in [0.05, 0.1) is 5.01 Å². The van der Waals surface area contributed by atoms with E-state index in [0.29, 0.717) is 6.04 Å². The highest BCUT2D eigenvalue weighted by molar-refractivity contribution is 9.10. The molecule has 1 atom stereocenters. The van der Waals surface area contributed by atoms with Gasteiger partial charge in [0.1, 0.15) is 0 Å². The number of aromatic nitrogens is 1. The first kappa shape index (κ1) is 13.7. The zero-order valence-electron chi connectivity index (χ0n) is 10.6. The van der Waals surface area contributed by atoms with Crippen LogP contribution in [-0.2, 0) is 6.42 Å². The van der Waals surface area contributed by atoms with Crippen LogP contribution in [0.5, 0.6) is 0 Å². The number of likely N-dealkylation sites (N-methyl/N-ethyl adjacent to an activating group) is 1. The molecule has 0 saturated heterocycles. The smallest absolute Gasteiger partial charge is 0.0947 e. The number of hydrogen-bond acceptors (Lipinski definition) is 3. The highest BCUT2D eigenvalue weighted by Crippen LogP contribution is 2.23. The molecule has 18 heavy (non-hydrogen) atoms. The van der Waals surface area contributed by atoms with Gasteiger partial charge in [0.2, 0.25) is 0 Å². The van der Waals surface area contributed by atoms with Crippen LogP contribution in [-0.4, -0.2) is 11.5 Å². The summed E-state index contributed by atoms with van der Waals surface area (Å²) in [5, 5.41) is 6.83. The van der Waals surface area contributed by atoms with Crippen molar-refractivity contribution in [2.75, 3.05) is 6.54 Å². The molecule has 1 heterocycles. The molecule has 2 nitrogen and oxygen atoms in total. The van der Waals surface area contributed by atoms with E-state index in [1.807, 2.05) is 6.92 Å². The Kier molecular flexibility index (Phi) is 4.92. The zero-order chi connectivity index (χ0) is 13.0. The number of benzene rings is 1. The van der Waals surface area contributed by atoms with Crippen LogP contribution in [0, 0.1) is 6.92 Å². The second kappa shape index (κ2) is 6.45. The van der Waals surface area contributed by atoms with Gasteiger partial charge < -0.3 is 5.32 Å². The molecule has 1 aromatic carbocycles. The quantitative estimate of drug-likeness (QED) is 0.895. The molecule has 0 radical (unpaired) electrons. The van der Waals surface area contributed by atoms with Crippen LogP contribution in [0.15, 0.2) is 34.1 Å². The van der Waals surface area contributed by atoms with E-state index in [4.69, 9.17) is 0 Å². The van der Waals surface area contributed by atoms with E-state index in [0.717, 1.165) is 23.1 Å². The first-order valence-electron chi connectivity index (χ1n) is 6.09. The summed E-state index contributed by atoms with van der Waals surface area (Å²) < 4.78 is 1.12. The third-order valence-electron chi connectivity index (χ3n) is 2.75. The van der Waals surface area contributed by atoms with Crippen molar-refractivity contribution in [1.82, 2.24) is 10.3 Å². The predicted molar refractivity (Wildman–Crippen MR) is 81.1 cm³/mol. The van der Waals surface area contributed by atoms with Crippen LogP contribution in [0.2, 0.25) is 0 Å². The van der Waals surface area contributed by atoms with Crippen LogP contribution >= 0.6 is 27.3 Å². The molecule has 4 heteroatoms. The van der Waals surface area contributed by atoms with Crippen molar-refractivity contribution in [2.24, 2.45) is 0 Å². The van der Waals surface area contributed by atoms with E-state index >= 15 is 0 Å². The lowest BCUT2D eigenvalue weighted by molar-refractivity contribution is 0.548. The summed E-state index contributed by atoms with van der Waals surface area (Å²) in [7, 11) is 0. The Morgan fingerprint density at radius 3 is 2.89 bits per heavy atom. The summed E-state index contributed by atoms with van der Waals surface area (Å²) in [5.74, 6) is 0. The van der Waals surface area contributed by atoms with Crippen molar-refractivity contribution in [1.29, 1.82) is 0 Å². The van der Waals surface area contributed by atoms with E-state index in [1.165, 1.54) is 10.6 Å². The predicted octanol–water partition coefficient (Wildman–Crippen LogP) is 4.11. The minimum Gasteiger partial charge on any atom is -0.310 e. The number of nitrogens with zero attached hydrogens (tertiary/aromatic N) is 1. The van der Waals surface area contributed by atoms with Gasteiger partial charge >= 0.3 is 0 Å². The summed E-state index contributed by atoms with van der Waals surface area (Å²) in [6.07, 6.45) is 0.947. The number of halogens is 1. The molecule has 0 aliphatic rings. The third-order valence-corrected chi connectivity index (χ3v) is 4.23. The number of hydrogen-bond donors (Lipinski definition) is 1. The van der Waals surface area contributed by atoms with Gasteiger partial charge in [0.15, 0.2) is 0 Å².